The molecule has 2 amide bonds. The molecule has 46 heavy (non-hydrogen) atoms. The largest absolute Gasteiger partial charge is 0.408 e. The Morgan fingerprint density at radius 2 is 1.70 bits per heavy atom. The number of nitrogens with one attached hydrogen (secondary N) is 1. The summed E-state index contributed by atoms with van der Waals surface area (Å²) in [6.45, 7) is 7.63. The third-order valence-corrected chi connectivity index (χ3v) is 9.54. The van der Waals surface area contributed by atoms with Crippen molar-refractivity contribution < 1.29 is 19.1 Å². The van der Waals surface area contributed by atoms with Gasteiger partial charge in [0.25, 0.3) is 11.8 Å². The molecule has 0 aliphatic carbocycles. The van der Waals surface area contributed by atoms with Crippen molar-refractivity contribution >= 4 is 32.4 Å². The first-order valence-corrected chi connectivity index (χ1v) is 17.1. The van der Waals surface area contributed by atoms with E-state index in [1.54, 1.807) is 39.9 Å². The maximum Gasteiger partial charge on any atom is 0.274 e. The molecule has 10 heteroatoms. The molecule has 4 aromatic rings. The fourth-order valence-electron chi connectivity index (χ4n) is 5.81. The second kappa shape index (κ2) is 15.3. The molecule has 8 nitrogen and oxygen atoms in total. The molecule has 2 radical (unpaired) electrons. The van der Waals surface area contributed by atoms with Crippen LogP contribution in [0, 0.1) is 12.7 Å². The highest BCUT2D eigenvalue weighted by atomic mass is 28.2. The summed E-state index contributed by atoms with van der Waals surface area (Å²) < 4.78 is 16.0. The van der Waals surface area contributed by atoms with Crippen LogP contribution in [0.5, 0.6) is 0 Å². The van der Waals surface area contributed by atoms with Gasteiger partial charge in [-0.15, -0.1) is 0 Å². The summed E-state index contributed by atoms with van der Waals surface area (Å²) in [5.41, 5.74) is 4.78. The number of unbranched alkanes of at least 4 members (excludes halogenated alkanes) is 2. The summed E-state index contributed by atoms with van der Waals surface area (Å²) in [5, 5.41) is 15.6. The normalized spacial score (nSPS) is 14.2. The van der Waals surface area contributed by atoms with Gasteiger partial charge >= 0.3 is 0 Å². The van der Waals surface area contributed by atoms with Crippen LogP contribution in [0.3, 0.4) is 0 Å². The summed E-state index contributed by atoms with van der Waals surface area (Å²) in [5.74, 6) is -0.666. The van der Waals surface area contributed by atoms with Gasteiger partial charge in [0.2, 0.25) is 9.68 Å². The summed E-state index contributed by atoms with van der Waals surface area (Å²) in [7, 11) is -0.0569. The maximum absolute atomic E-state index is 14.5. The highest BCUT2D eigenvalue weighted by Crippen LogP contribution is 2.29. The highest BCUT2D eigenvalue weighted by Gasteiger charge is 2.32. The maximum atomic E-state index is 14.5. The van der Waals surface area contributed by atoms with E-state index in [9.17, 15) is 19.1 Å². The minimum Gasteiger partial charge on any atom is -0.408 e. The van der Waals surface area contributed by atoms with Gasteiger partial charge < -0.3 is 19.9 Å². The number of halogens is 1. The lowest BCUT2D eigenvalue weighted by atomic mass is 9.93. The molecular formula is C36H42FN5O3Si. The van der Waals surface area contributed by atoms with Crippen molar-refractivity contribution in [1.82, 2.24) is 19.6 Å². The third-order valence-electron chi connectivity index (χ3n) is 8.45. The standard InChI is InChI=1S/C36H42FN5O3Si/c1-4-6-18-40(19-7-5-2)36(45)32-20-25(3)42(38-32)33-17-16-28(39-46-34-15-11-10-14-31(34)37)22-30(33)35(44)41-23-27-13-9-8-12-26(27)21-29(41)24-43/h8-17,20,22,29,39,43H,4-7,18-19,21,23-24H2,1-3H3/t29-/m0/s1. The molecular weight excluding hydrogens is 598 g/mol. The van der Waals surface area contributed by atoms with E-state index in [4.69, 9.17) is 5.10 Å². The first kappa shape index (κ1) is 33.1. The quantitative estimate of drug-likeness (QED) is 0.195. The Morgan fingerprint density at radius 3 is 2.39 bits per heavy atom. The van der Waals surface area contributed by atoms with Crippen LogP contribution in [-0.2, 0) is 13.0 Å². The van der Waals surface area contributed by atoms with Gasteiger partial charge in [-0.1, -0.05) is 69.2 Å². The molecule has 2 N–H and O–H groups in total. The van der Waals surface area contributed by atoms with Crippen LogP contribution >= 0.6 is 0 Å². The molecule has 0 spiro atoms. The third kappa shape index (κ3) is 7.40. The lowest BCUT2D eigenvalue weighted by Crippen LogP contribution is -2.46. The molecule has 1 aliphatic heterocycles. The van der Waals surface area contributed by atoms with Crippen LogP contribution in [0.2, 0.25) is 0 Å². The predicted octanol–water partition coefficient (Wildman–Crippen LogP) is 5.28. The van der Waals surface area contributed by atoms with Gasteiger partial charge in [0.15, 0.2) is 5.69 Å². The lowest BCUT2D eigenvalue weighted by Gasteiger charge is -2.36. The van der Waals surface area contributed by atoms with Crippen molar-refractivity contribution in [3.63, 3.8) is 0 Å². The topological polar surface area (TPSA) is 90.7 Å². The second-order valence-corrected chi connectivity index (χ2v) is 12.8. The average molecular weight is 640 g/mol. The van der Waals surface area contributed by atoms with Crippen molar-refractivity contribution in [2.45, 2.75) is 65.5 Å². The number of rotatable bonds is 13. The molecule has 240 valence electrons. The van der Waals surface area contributed by atoms with Gasteiger partial charge in [-0.05, 0) is 72.8 Å². The smallest absolute Gasteiger partial charge is 0.274 e. The van der Waals surface area contributed by atoms with Crippen molar-refractivity contribution in [2.24, 2.45) is 0 Å². The molecule has 5 rings (SSSR count). The molecule has 2 heterocycles. The van der Waals surface area contributed by atoms with Crippen molar-refractivity contribution in [1.29, 1.82) is 0 Å². The van der Waals surface area contributed by atoms with Gasteiger partial charge in [0.05, 0.1) is 23.9 Å². The van der Waals surface area contributed by atoms with Crippen LogP contribution in [0.4, 0.5) is 10.1 Å². The zero-order valence-corrected chi connectivity index (χ0v) is 27.8. The van der Waals surface area contributed by atoms with E-state index in [0.29, 0.717) is 53.9 Å². The van der Waals surface area contributed by atoms with Gasteiger partial charge in [-0.3, -0.25) is 9.59 Å². The second-order valence-electron chi connectivity index (χ2n) is 11.8. The Labute approximate surface area is 273 Å². The van der Waals surface area contributed by atoms with Gasteiger partial charge in [-0.25, -0.2) is 9.07 Å². The fourth-order valence-corrected chi connectivity index (χ4v) is 6.63. The van der Waals surface area contributed by atoms with E-state index in [-0.39, 0.29) is 33.9 Å². The zero-order chi connectivity index (χ0) is 32.6. The number of nitrogens with zero attached hydrogens (tertiary/aromatic N) is 4. The molecule has 1 aliphatic rings. The molecule has 3 aromatic carbocycles. The number of benzene rings is 3. The lowest BCUT2D eigenvalue weighted by molar-refractivity contribution is 0.0544. The number of aromatic nitrogens is 2. The average Bonchev–Trinajstić information content (AvgIpc) is 3.47. The van der Waals surface area contributed by atoms with E-state index < -0.39 is 6.04 Å². The fraction of sp³-hybridized carbons (Fsp3) is 0.361. The molecule has 0 saturated carbocycles. The molecule has 0 bridgehead atoms. The van der Waals surface area contributed by atoms with E-state index in [0.717, 1.165) is 42.5 Å². The van der Waals surface area contributed by atoms with Crippen molar-refractivity contribution in [3.05, 3.63) is 107 Å². The Kier molecular flexibility index (Phi) is 11.0. The first-order valence-electron chi connectivity index (χ1n) is 16.1. The number of fused-ring (bicyclic) bond motifs is 1. The molecule has 0 saturated heterocycles. The number of aliphatic hydroxyl groups excluding tert-OH is 1. The number of anilines is 1. The summed E-state index contributed by atoms with van der Waals surface area (Å²) in [4.78, 5) is 35.0. The molecule has 0 unspecified atom stereocenters. The van der Waals surface area contributed by atoms with E-state index in [2.05, 4.69) is 18.8 Å². The van der Waals surface area contributed by atoms with E-state index >= 15 is 0 Å². The molecule has 1 aromatic heterocycles. The highest BCUT2D eigenvalue weighted by molar-refractivity contribution is 6.57. The van der Waals surface area contributed by atoms with E-state index in [1.807, 2.05) is 48.2 Å². The number of aliphatic hydroxyl groups is 1. The Bertz CT molecular complexity index is 1670. The van der Waals surface area contributed by atoms with Gasteiger partial charge in [-0.2, -0.15) is 5.10 Å². The Balaban J connectivity index is 1.52. The SMILES string of the molecule is CCCCN(CCCC)C(=O)c1cc(C)n(-c2ccc(N[Si]c3ccccc3F)cc2C(=O)N2Cc3ccccc3C[C@H]2CO)n1. The number of hydrogen-bond donors (Lipinski definition) is 2. The molecule has 0 fully saturated rings. The van der Waals surface area contributed by atoms with Crippen molar-refractivity contribution in [3.8, 4) is 5.69 Å². The first-order chi connectivity index (χ1) is 22.3. The zero-order valence-electron chi connectivity index (χ0n) is 26.8. The minimum absolute atomic E-state index is 0.0569. The van der Waals surface area contributed by atoms with Crippen LogP contribution in [0.25, 0.3) is 5.69 Å². The summed E-state index contributed by atoms with van der Waals surface area (Å²) in [6.07, 6.45) is 4.36. The number of hydrogen-bond acceptors (Lipinski definition) is 5. The monoisotopic (exact) mass is 639 g/mol. The van der Waals surface area contributed by atoms with Crippen LogP contribution in [0.15, 0.2) is 72.8 Å². The van der Waals surface area contributed by atoms with E-state index in [1.165, 1.54) is 6.07 Å². The van der Waals surface area contributed by atoms with Gasteiger partial charge in [0, 0.05) is 31.0 Å². The van der Waals surface area contributed by atoms with Crippen LogP contribution < -0.4 is 10.2 Å². The number of aryl methyl sites for hydroxylation is 1. The minimum atomic E-state index is -0.395. The van der Waals surface area contributed by atoms with Crippen molar-refractivity contribution in [2.75, 3.05) is 24.7 Å². The molecule has 1 atom stereocenters. The number of amides is 2. The number of carbonyl (C=O) groups is 2. The summed E-state index contributed by atoms with van der Waals surface area (Å²) in [6, 6.07) is 21.4. The Hall–Kier alpha value is -4.28. The van der Waals surface area contributed by atoms with Gasteiger partial charge in [0.1, 0.15) is 5.82 Å². The van der Waals surface area contributed by atoms with Crippen LogP contribution in [-0.4, -0.2) is 71.9 Å². The number of carbonyl (C=O) groups excluding carboxylic acids is 2. The van der Waals surface area contributed by atoms with Crippen LogP contribution in [0.1, 0.15) is 77.2 Å². The predicted molar refractivity (Wildman–Crippen MR) is 180 cm³/mol. The summed E-state index contributed by atoms with van der Waals surface area (Å²) >= 11 is 0. The Morgan fingerprint density at radius 1 is 1.00 bits per heavy atom.